The van der Waals surface area contributed by atoms with Crippen LogP contribution in [-0.4, -0.2) is 56.1 Å². The number of nitrogens with zero attached hydrogens (tertiary/aromatic N) is 3. The second-order valence-corrected chi connectivity index (χ2v) is 10.2. The lowest BCUT2D eigenvalue weighted by atomic mass is 10.1. The van der Waals surface area contributed by atoms with Gasteiger partial charge in [-0.05, 0) is 56.0 Å². The van der Waals surface area contributed by atoms with E-state index in [4.69, 9.17) is 11.6 Å². The molecule has 1 atom stereocenters. The fourth-order valence-corrected chi connectivity index (χ4v) is 5.12. The van der Waals surface area contributed by atoms with E-state index in [2.05, 4.69) is 16.2 Å². The number of aromatic nitrogens is 3. The summed E-state index contributed by atoms with van der Waals surface area (Å²) in [5.41, 5.74) is 4.24. The maximum atomic E-state index is 13.8. The molecule has 4 rings (SSSR count). The van der Waals surface area contributed by atoms with Crippen molar-refractivity contribution in [3.05, 3.63) is 82.9 Å². The van der Waals surface area contributed by atoms with Crippen molar-refractivity contribution < 1.29 is 14.3 Å². The van der Waals surface area contributed by atoms with E-state index >= 15 is 0 Å². The van der Waals surface area contributed by atoms with Crippen molar-refractivity contribution in [2.24, 2.45) is 0 Å². The number of aromatic amines is 1. The second-order valence-electron chi connectivity index (χ2n) is 8.84. The summed E-state index contributed by atoms with van der Waals surface area (Å²) in [6, 6.07) is 9.87. The molecule has 6 nitrogen and oxygen atoms in total. The number of carbonyl (C=O) groups is 1. The number of allylic oxidation sites excluding steroid dienone is 3. The van der Waals surface area contributed by atoms with Crippen LogP contribution in [0.2, 0.25) is 5.15 Å². The molecule has 1 aromatic carbocycles. The molecule has 2 N–H and O–H groups in total. The average Bonchev–Trinajstić information content (AvgIpc) is 3.42. The number of amides is 1. The smallest absolute Gasteiger partial charge is 0.232 e. The number of aliphatic hydroxyl groups is 1. The molecule has 2 aromatic heterocycles. The van der Waals surface area contributed by atoms with Crippen LogP contribution in [0.4, 0.5) is 4.39 Å². The summed E-state index contributed by atoms with van der Waals surface area (Å²) in [4.78, 5) is 17.6. The Kier molecular flexibility index (Phi) is 9.07. The molecule has 0 spiro atoms. The molecule has 1 aliphatic carbocycles. The highest BCUT2D eigenvalue weighted by Gasteiger charge is 2.16. The highest BCUT2D eigenvalue weighted by molar-refractivity contribution is 7.99. The third-order valence-corrected chi connectivity index (χ3v) is 7.22. The molecule has 2 heterocycles. The Balaban J connectivity index is 1.33. The summed E-state index contributed by atoms with van der Waals surface area (Å²) in [7, 11) is 1.83. The van der Waals surface area contributed by atoms with Gasteiger partial charge < -0.3 is 15.0 Å². The summed E-state index contributed by atoms with van der Waals surface area (Å²) in [5, 5.41) is 14.9. The maximum Gasteiger partial charge on any atom is 0.232 e. The van der Waals surface area contributed by atoms with Crippen molar-refractivity contribution >= 4 is 29.3 Å². The zero-order valence-corrected chi connectivity index (χ0v) is 21.7. The number of thioether (sulfide) groups is 1. The van der Waals surface area contributed by atoms with Crippen LogP contribution in [0.5, 0.6) is 0 Å². The molecule has 190 valence electrons. The van der Waals surface area contributed by atoms with Gasteiger partial charge in [-0.1, -0.05) is 41.5 Å². The van der Waals surface area contributed by atoms with E-state index < -0.39 is 0 Å². The van der Waals surface area contributed by atoms with Crippen LogP contribution in [0.3, 0.4) is 0 Å². The molecule has 1 unspecified atom stereocenters. The van der Waals surface area contributed by atoms with Gasteiger partial charge in [0.15, 0.2) is 0 Å². The Morgan fingerprint density at radius 2 is 2.22 bits per heavy atom. The number of rotatable bonds is 10. The van der Waals surface area contributed by atoms with Crippen molar-refractivity contribution in [3.8, 4) is 17.1 Å². The minimum absolute atomic E-state index is 0.0720. The number of carbonyl (C=O) groups excluding carboxylic acids is 1. The molecule has 9 heteroatoms. The Hall–Kier alpha value is -2.81. The van der Waals surface area contributed by atoms with E-state index in [0.29, 0.717) is 34.6 Å². The standard InChI is InChI=1S/C27H30ClFN4O2S/c1-32(14-4-6-19-5-2-9-23(34)11-10-19)26(35)18-36-17-20-16-33(22-8-3-7-21(29)15-22)31-27(20)24-12-13-25(28)30-24/h3,5,7-8,10-13,15-16,23,30,34H,2,4,6,9,14,17-18H2,1H3. The maximum absolute atomic E-state index is 13.8. The lowest BCUT2D eigenvalue weighted by Gasteiger charge is -2.17. The molecular weight excluding hydrogens is 499 g/mol. The first-order chi connectivity index (χ1) is 17.4. The zero-order chi connectivity index (χ0) is 25.5. The first kappa shape index (κ1) is 26.3. The summed E-state index contributed by atoms with van der Waals surface area (Å²) in [6.07, 6.45) is 10.9. The van der Waals surface area contributed by atoms with Crippen LogP contribution in [0, 0.1) is 5.82 Å². The van der Waals surface area contributed by atoms with Gasteiger partial charge in [0.1, 0.15) is 16.7 Å². The number of benzene rings is 1. The fraction of sp³-hybridized carbons (Fsp3) is 0.333. The lowest BCUT2D eigenvalue weighted by molar-refractivity contribution is -0.127. The van der Waals surface area contributed by atoms with Crippen LogP contribution in [0.1, 0.15) is 31.2 Å². The topological polar surface area (TPSA) is 74.2 Å². The molecule has 3 aromatic rings. The van der Waals surface area contributed by atoms with Gasteiger partial charge in [0.05, 0.1) is 23.2 Å². The van der Waals surface area contributed by atoms with Crippen molar-refractivity contribution in [3.63, 3.8) is 0 Å². The summed E-state index contributed by atoms with van der Waals surface area (Å²) in [5.74, 6) is 0.658. The second kappa shape index (κ2) is 12.4. The van der Waals surface area contributed by atoms with Gasteiger partial charge >= 0.3 is 0 Å². The van der Waals surface area contributed by atoms with E-state index in [9.17, 15) is 14.3 Å². The van der Waals surface area contributed by atoms with Crippen molar-refractivity contribution in [1.29, 1.82) is 0 Å². The highest BCUT2D eigenvalue weighted by atomic mass is 35.5. The number of halogens is 2. The highest BCUT2D eigenvalue weighted by Crippen LogP contribution is 2.28. The van der Waals surface area contributed by atoms with Gasteiger partial charge in [-0.2, -0.15) is 5.10 Å². The molecule has 0 fully saturated rings. The van der Waals surface area contributed by atoms with Gasteiger partial charge in [-0.3, -0.25) is 4.79 Å². The number of aliphatic hydroxyl groups excluding tert-OH is 1. The van der Waals surface area contributed by atoms with Crippen molar-refractivity contribution in [2.45, 2.75) is 37.5 Å². The van der Waals surface area contributed by atoms with Gasteiger partial charge in [-0.25, -0.2) is 9.07 Å². The van der Waals surface area contributed by atoms with Gasteiger partial charge in [0.25, 0.3) is 0 Å². The van der Waals surface area contributed by atoms with E-state index in [1.807, 2.05) is 31.5 Å². The Morgan fingerprint density at radius 3 is 3.00 bits per heavy atom. The fourth-order valence-electron chi connectivity index (χ4n) is 4.03. The van der Waals surface area contributed by atoms with Gasteiger partial charge in [0.2, 0.25) is 5.91 Å². The summed E-state index contributed by atoms with van der Waals surface area (Å²) in [6.45, 7) is 0.677. The Labute approximate surface area is 219 Å². The van der Waals surface area contributed by atoms with Gasteiger partial charge in [0, 0.05) is 31.1 Å². The molecule has 0 saturated heterocycles. The molecule has 36 heavy (non-hydrogen) atoms. The third-order valence-electron chi connectivity index (χ3n) is 6.04. The molecule has 1 amide bonds. The van der Waals surface area contributed by atoms with Crippen LogP contribution in [-0.2, 0) is 10.5 Å². The van der Waals surface area contributed by atoms with Crippen LogP contribution >= 0.6 is 23.4 Å². The van der Waals surface area contributed by atoms with Crippen LogP contribution in [0.15, 0.2) is 66.4 Å². The van der Waals surface area contributed by atoms with E-state index in [1.54, 1.807) is 27.8 Å². The normalized spacial score (nSPS) is 15.6. The first-order valence-electron chi connectivity index (χ1n) is 12.0. The third kappa shape index (κ3) is 7.12. The van der Waals surface area contributed by atoms with Crippen LogP contribution < -0.4 is 0 Å². The molecule has 0 aliphatic heterocycles. The van der Waals surface area contributed by atoms with Crippen molar-refractivity contribution in [2.75, 3.05) is 19.3 Å². The number of hydrogen-bond donors (Lipinski definition) is 2. The largest absolute Gasteiger partial charge is 0.389 e. The number of hydrogen-bond acceptors (Lipinski definition) is 4. The number of nitrogens with one attached hydrogen (secondary N) is 1. The van der Waals surface area contributed by atoms with Gasteiger partial charge in [-0.15, -0.1) is 11.8 Å². The minimum atomic E-state index is -0.365. The monoisotopic (exact) mass is 528 g/mol. The van der Waals surface area contributed by atoms with Crippen LogP contribution in [0.25, 0.3) is 17.1 Å². The zero-order valence-electron chi connectivity index (χ0n) is 20.2. The van der Waals surface area contributed by atoms with E-state index in [0.717, 1.165) is 36.9 Å². The predicted octanol–water partition coefficient (Wildman–Crippen LogP) is 5.77. The molecule has 0 radical (unpaired) electrons. The molecule has 0 saturated carbocycles. The minimum Gasteiger partial charge on any atom is -0.389 e. The molecule has 0 bridgehead atoms. The van der Waals surface area contributed by atoms with E-state index in [-0.39, 0.29) is 17.8 Å². The number of H-pyrrole nitrogens is 1. The average molecular weight is 529 g/mol. The quantitative estimate of drug-likeness (QED) is 0.350. The first-order valence-corrected chi connectivity index (χ1v) is 13.5. The summed E-state index contributed by atoms with van der Waals surface area (Å²) >= 11 is 7.60. The van der Waals surface area contributed by atoms with E-state index in [1.165, 1.54) is 29.5 Å². The van der Waals surface area contributed by atoms with Crippen molar-refractivity contribution in [1.82, 2.24) is 19.7 Å². The Bertz CT molecular complexity index is 1250. The molecule has 1 aliphatic rings. The lowest BCUT2D eigenvalue weighted by Crippen LogP contribution is -2.29. The summed E-state index contributed by atoms with van der Waals surface area (Å²) < 4.78 is 15.4. The molecular formula is C27H30ClFN4O2S. The predicted molar refractivity (Wildman–Crippen MR) is 144 cm³/mol. The SMILES string of the molecule is CN(CCCC1=CCCC(O)C=C1)C(=O)CSCc1cn(-c2cccc(F)c2)nc1-c1ccc(Cl)[nH]1. The Morgan fingerprint density at radius 1 is 1.36 bits per heavy atom.